The van der Waals surface area contributed by atoms with Gasteiger partial charge in [0, 0.05) is 16.6 Å². The number of hydrogen-bond donors (Lipinski definition) is 1. The smallest absolute Gasteiger partial charge is 0.340 e. The van der Waals surface area contributed by atoms with E-state index in [9.17, 15) is 13.2 Å². The van der Waals surface area contributed by atoms with E-state index in [1.165, 1.54) is 29.8 Å². The first-order chi connectivity index (χ1) is 12.9. The van der Waals surface area contributed by atoms with Crippen LogP contribution in [0, 0.1) is 0 Å². The number of alkyl halides is 3. The zero-order valence-corrected chi connectivity index (χ0v) is 15.2. The van der Waals surface area contributed by atoms with Crippen molar-refractivity contribution in [3.8, 4) is 11.1 Å². The van der Waals surface area contributed by atoms with E-state index in [2.05, 4.69) is 15.3 Å². The Morgan fingerprint density at radius 2 is 1.78 bits per heavy atom. The van der Waals surface area contributed by atoms with E-state index in [4.69, 9.17) is 11.6 Å². The first-order valence-electron chi connectivity index (χ1n) is 7.85. The standard InChI is InChI=1S/C19H11ClF3N3S/c20-15-7-6-12(8-14(15)19(21,22)23)26-17-16-13(11-4-2-1-3-5-11)9-27-18(16)25-10-24-17/h1-10H,(H,24,25,26). The average Bonchev–Trinajstić information content (AvgIpc) is 3.08. The Kier molecular flexibility index (Phi) is 4.49. The second-order valence-corrected chi connectivity index (χ2v) is 7.00. The molecule has 136 valence electrons. The molecule has 4 aromatic rings. The van der Waals surface area contributed by atoms with Crippen molar-refractivity contribution in [3.63, 3.8) is 0 Å². The molecule has 0 aliphatic carbocycles. The fourth-order valence-electron chi connectivity index (χ4n) is 2.76. The van der Waals surface area contributed by atoms with Crippen LogP contribution in [0.5, 0.6) is 0 Å². The number of halogens is 4. The summed E-state index contributed by atoms with van der Waals surface area (Å²) < 4.78 is 39.4. The Morgan fingerprint density at radius 1 is 1.00 bits per heavy atom. The molecule has 2 heterocycles. The van der Waals surface area contributed by atoms with E-state index in [1.807, 2.05) is 35.7 Å². The van der Waals surface area contributed by atoms with Crippen LogP contribution in [0.2, 0.25) is 5.02 Å². The molecule has 0 radical (unpaired) electrons. The van der Waals surface area contributed by atoms with Gasteiger partial charge in [0.1, 0.15) is 17.0 Å². The van der Waals surface area contributed by atoms with Gasteiger partial charge >= 0.3 is 6.18 Å². The second-order valence-electron chi connectivity index (χ2n) is 5.74. The lowest BCUT2D eigenvalue weighted by Gasteiger charge is -2.13. The van der Waals surface area contributed by atoms with Gasteiger partial charge in [-0.2, -0.15) is 13.2 Å². The van der Waals surface area contributed by atoms with Crippen LogP contribution in [0.3, 0.4) is 0 Å². The van der Waals surface area contributed by atoms with Crippen molar-refractivity contribution in [1.29, 1.82) is 0 Å². The van der Waals surface area contributed by atoms with Crippen LogP contribution in [0.15, 0.2) is 60.2 Å². The van der Waals surface area contributed by atoms with Crippen LogP contribution in [0.4, 0.5) is 24.7 Å². The van der Waals surface area contributed by atoms with Gasteiger partial charge in [0.2, 0.25) is 0 Å². The Balaban J connectivity index is 1.81. The average molecular weight is 406 g/mol. The van der Waals surface area contributed by atoms with Gasteiger partial charge < -0.3 is 5.32 Å². The molecule has 0 unspecified atom stereocenters. The van der Waals surface area contributed by atoms with E-state index in [0.29, 0.717) is 5.82 Å². The molecule has 8 heteroatoms. The first-order valence-corrected chi connectivity index (χ1v) is 9.10. The predicted octanol–water partition coefficient (Wildman–Crippen LogP) is 6.77. The van der Waals surface area contributed by atoms with E-state index in [0.717, 1.165) is 27.4 Å². The molecular weight excluding hydrogens is 395 g/mol. The van der Waals surface area contributed by atoms with Crippen LogP contribution in [0.25, 0.3) is 21.3 Å². The van der Waals surface area contributed by atoms with E-state index < -0.39 is 11.7 Å². The number of thiophene rings is 1. The molecule has 1 N–H and O–H groups in total. The minimum atomic E-state index is -4.53. The Labute approximate surface area is 161 Å². The number of rotatable bonds is 3. The maximum atomic E-state index is 13.1. The van der Waals surface area contributed by atoms with Crippen molar-refractivity contribution in [2.75, 3.05) is 5.32 Å². The lowest BCUT2D eigenvalue weighted by atomic mass is 10.1. The van der Waals surface area contributed by atoms with Crippen molar-refractivity contribution in [3.05, 3.63) is 70.8 Å². The van der Waals surface area contributed by atoms with Crippen molar-refractivity contribution in [2.24, 2.45) is 0 Å². The maximum Gasteiger partial charge on any atom is 0.417 e. The second kappa shape index (κ2) is 6.83. The molecule has 0 saturated heterocycles. The Bertz CT molecular complexity index is 1110. The van der Waals surface area contributed by atoms with Crippen molar-refractivity contribution in [2.45, 2.75) is 6.18 Å². The maximum absolute atomic E-state index is 13.1. The molecule has 3 nitrogen and oxygen atoms in total. The fourth-order valence-corrected chi connectivity index (χ4v) is 3.90. The third kappa shape index (κ3) is 3.48. The minimum Gasteiger partial charge on any atom is -0.340 e. The Morgan fingerprint density at radius 3 is 2.52 bits per heavy atom. The van der Waals surface area contributed by atoms with Crippen LogP contribution < -0.4 is 5.32 Å². The molecule has 0 fully saturated rings. The fraction of sp³-hybridized carbons (Fsp3) is 0.0526. The summed E-state index contributed by atoms with van der Waals surface area (Å²) >= 11 is 7.15. The molecule has 0 bridgehead atoms. The quantitative estimate of drug-likeness (QED) is 0.408. The summed E-state index contributed by atoms with van der Waals surface area (Å²) in [6.07, 6.45) is -3.15. The van der Waals surface area contributed by atoms with Gasteiger partial charge in [0.15, 0.2) is 0 Å². The highest BCUT2D eigenvalue weighted by molar-refractivity contribution is 7.17. The molecule has 2 aromatic carbocycles. The summed E-state index contributed by atoms with van der Waals surface area (Å²) in [5, 5.41) is 5.36. The van der Waals surface area contributed by atoms with Gasteiger partial charge in [-0.05, 0) is 23.8 Å². The number of benzene rings is 2. The van der Waals surface area contributed by atoms with Crippen molar-refractivity contribution < 1.29 is 13.2 Å². The van der Waals surface area contributed by atoms with Crippen LogP contribution in [-0.4, -0.2) is 9.97 Å². The van der Waals surface area contributed by atoms with Crippen LogP contribution >= 0.6 is 22.9 Å². The highest BCUT2D eigenvalue weighted by Gasteiger charge is 2.33. The third-order valence-corrected chi connectivity index (χ3v) is 5.21. The van der Waals surface area contributed by atoms with E-state index in [1.54, 1.807) is 0 Å². The summed E-state index contributed by atoms with van der Waals surface area (Å²) in [6, 6.07) is 13.4. The number of fused-ring (bicyclic) bond motifs is 1. The third-order valence-electron chi connectivity index (χ3n) is 3.99. The molecular formula is C19H11ClF3N3S. The number of anilines is 2. The summed E-state index contributed by atoms with van der Waals surface area (Å²) in [5.74, 6) is 0.440. The zero-order chi connectivity index (χ0) is 19.0. The number of nitrogens with zero attached hydrogens (tertiary/aromatic N) is 2. The molecule has 0 aliphatic rings. The van der Waals surface area contributed by atoms with Gasteiger partial charge in [-0.25, -0.2) is 9.97 Å². The number of aromatic nitrogens is 2. The summed E-state index contributed by atoms with van der Waals surface area (Å²) in [4.78, 5) is 9.26. The molecule has 0 saturated carbocycles. The van der Waals surface area contributed by atoms with Gasteiger partial charge in [-0.3, -0.25) is 0 Å². The topological polar surface area (TPSA) is 37.8 Å². The van der Waals surface area contributed by atoms with E-state index in [-0.39, 0.29) is 10.7 Å². The van der Waals surface area contributed by atoms with E-state index >= 15 is 0 Å². The number of nitrogens with one attached hydrogen (secondary N) is 1. The normalized spacial score (nSPS) is 11.7. The van der Waals surface area contributed by atoms with Gasteiger partial charge in [-0.15, -0.1) is 11.3 Å². The molecule has 0 atom stereocenters. The van der Waals surface area contributed by atoms with Crippen LogP contribution in [-0.2, 0) is 6.18 Å². The largest absolute Gasteiger partial charge is 0.417 e. The molecule has 0 spiro atoms. The Hall–Kier alpha value is -2.64. The lowest BCUT2D eigenvalue weighted by Crippen LogP contribution is -2.06. The molecule has 0 amide bonds. The van der Waals surface area contributed by atoms with Gasteiger partial charge in [-0.1, -0.05) is 41.9 Å². The lowest BCUT2D eigenvalue weighted by molar-refractivity contribution is -0.137. The molecule has 2 aromatic heterocycles. The molecule has 4 rings (SSSR count). The minimum absolute atomic E-state index is 0.247. The first kappa shape index (κ1) is 17.8. The summed E-state index contributed by atoms with van der Waals surface area (Å²) in [6.45, 7) is 0. The molecule has 27 heavy (non-hydrogen) atoms. The SMILES string of the molecule is FC(F)(F)c1cc(Nc2ncnc3scc(-c4ccccc4)c23)ccc1Cl. The molecule has 0 aliphatic heterocycles. The van der Waals surface area contributed by atoms with Gasteiger partial charge in [0.05, 0.1) is 16.0 Å². The highest BCUT2D eigenvalue weighted by Crippen LogP contribution is 2.39. The summed E-state index contributed by atoms with van der Waals surface area (Å²) in [5.41, 5.74) is 1.25. The van der Waals surface area contributed by atoms with Crippen molar-refractivity contribution in [1.82, 2.24) is 9.97 Å². The summed E-state index contributed by atoms with van der Waals surface area (Å²) in [7, 11) is 0. The zero-order valence-electron chi connectivity index (χ0n) is 13.6. The van der Waals surface area contributed by atoms with Crippen LogP contribution in [0.1, 0.15) is 5.56 Å². The van der Waals surface area contributed by atoms with Crippen molar-refractivity contribution >= 4 is 44.7 Å². The number of hydrogen-bond acceptors (Lipinski definition) is 4. The van der Waals surface area contributed by atoms with Gasteiger partial charge in [0.25, 0.3) is 0 Å². The predicted molar refractivity (Wildman–Crippen MR) is 103 cm³/mol. The monoisotopic (exact) mass is 405 g/mol. The highest BCUT2D eigenvalue weighted by atomic mass is 35.5.